The van der Waals surface area contributed by atoms with Crippen molar-refractivity contribution in [2.45, 2.75) is 17.2 Å². The predicted molar refractivity (Wildman–Crippen MR) is 117 cm³/mol. The summed E-state index contributed by atoms with van der Waals surface area (Å²) in [5, 5.41) is 33.9. The molecule has 0 radical (unpaired) electrons. The number of carbonyl (C=O) groups is 3. The van der Waals surface area contributed by atoms with Crippen LogP contribution in [0.2, 0.25) is 4.34 Å². The number of carbonyl (C=O) groups excluding carboxylic acids is 2. The number of amides is 2. The Morgan fingerprint density at radius 2 is 2.28 bits per heavy atom. The van der Waals surface area contributed by atoms with Crippen molar-refractivity contribution >= 4 is 75.1 Å². The standard InChI is InChI=1S/C15H13ClN8O5S3/c16-10-6(20-15(17)32-10)7(22-29)11(25)19-8-12(26)24-9(14(27)28)5(3-31-13(8)24)30-2-4-1-18-23-21-4/h1,8,13,29H,2-3H2,(H2,17,20)(H,19,25)(H,27,28)(H,18,21,23)/b22-7-/t8-,13-/m1/s1. The number of thiazole rings is 1. The van der Waals surface area contributed by atoms with Crippen molar-refractivity contribution in [3.8, 4) is 0 Å². The first-order valence-corrected chi connectivity index (χ1v) is 11.9. The average Bonchev–Trinajstić information content (AvgIpc) is 3.39. The van der Waals surface area contributed by atoms with Crippen molar-refractivity contribution in [1.29, 1.82) is 0 Å². The van der Waals surface area contributed by atoms with Crippen molar-refractivity contribution in [3.63, 3.8) is 0 Å². The quantitative estimate of drug-likeness (QED) is 0.147. The molecule has 6 N–H and O–H groups in total. The molecule has 0 aromatic carbocycles. The van der Waals surface area contributed by atoms with Crippen LogP contribution in [0.25, 0.3) is 0 Å². The minimum Gasteiger partial charge on any atom is -0.477 e. The number of β-lactam (4-membered cyclic amide) rings is 1. The topological polar surface area (TPSA) is 200 Å². The summed E-state index contributed by atoms with van der Waals surface area (Å²) < 4.78 is 0.0453. The van der Waals surface area contributed by atoms with Crippen LogP contribution in [0.5, 0.6) is 0 Å². The molecule has 2 aliphatic rings. The number of anilines is 1. The van der Waals surface area contributed by atoms with Crippen molar-refractivity contribution in [2.24, 2.45) is 5.16 Å². The minimum absolute atomic E-state index is 0.0453. The van der Waals surface area contributed by atoms with Crippen LogP contribution in [0.4, 0.5) is 5.13 Å². The molecule has 0 aliphatic carbocycles. The number of nitrogens with zero attached hydrogens (tertiary/aromatic N) is 5. The van der Waals surface area contributed by atoms with E-state index in [2.05, 4.69) is 30.9 Å². The molecule has 0 saturated carbocycles. The minimum atomic E-state index is -1.25. The van der Waals surface area contributed by atoms with Crippen LogP contribution < -0.4 is 11.1 Å². The molecule has 2 aromatic rings. The molecule has 2 amide bonds. The van der Waals surface area contributed by atoms with Gasteiger partial charge in [-0.25, -0.2) is 9.78 Å². The summed E-state index contributed by atoms with van der Waals surface area (Å²) in [6.45, 7) is 0. The summed E-state index contributed by atoms with van der Waals surface area (Å²) >= 11 is 9.40. The second-order valence-electron chi connectivity index (χ2n) is 6.31. The molecule has 2 aromatic heterocycles. The maximum absolute atomic E-state index is 12.7. The largest absolute Gasteiger partial charge is 0.477 e. The summed E-state index contributed by atoms with van der Waals surface area (Å²) in [5.74, 6) is -2.05. The van der Waals surface area contributed by atoms with E-state index < -0.39 is 34.9 Å². The second-order valence-corrected chi connectivity index (χ2v) is 10.1. The van der Waals surface area contributed by atoms with Crippen LogP contribution >= 0.6 is 46.5 Å². The number of fused-ring (bicyclic) bond motifs is 1. The van der Waals surface area contributed by atoms with Gasteiger partial charge in [-0.2, -0.15) is 15.4 Å². The molecule has 168 valence electrons. The highest BCUT2D eigenvalue weighted by Gasteiger charge is 2.54. The lowest BCUT2D eigenvalue weighted by molar-refractivity contribution is -0.150. The Morgan fingerprint density at radius 3 is 2.88 bits per heavy atom. The summed E-state index contributed by atoms with van der Waals surface area (Å²) in [6, 6.07) is -1.02. The van der Waals surface area contributed by atoms with E-state index in [1.807, 2.05) is 0 Å². The van der Waals surface area contributed by atoms with Gasteiger partial charge in [-0.15, -0.1) is 23.5 Å². The number of oxime groups is 1. The van der Waals surface area contributed by atoms with E-state index in [1.54, 1.807) is 0 Å². The lowest BCUT2D eigenvalue weighted by Gasteiger charge is -2.49. The van der Waals surface area contributed by atoms with Crippen LogP contribution in [-0.2, 0) is 20.1 Å². The van der Waals surface area contributed by atoms with E-state index in [1.165, 1.54) is 29.7 Å². The first kappa shape index (κ1) is 22.4. The highest BCUT2D eigenvalue weighted by molar-refractivity contribution is 8.05. The van der Waals surface area contributed by atoms with E-state index in [4.69, 9.17) is 17.3 Å². The summed E-state index contributed by atoms with van der Waals surface area (Å²) in [5.41, 5.74) is 5.43. The van der Waals surface area contributed by atoms with Crippen LogP contribution in [0, 0.1) is 0 Å². The number of thioether (sulfide) groups is 2. The van der Waals surface area contributed by atoms with Crippen LogP contribution in [-0.4, -0.2) is 76.3 Å². The fourth-order valence-electron chi connectivity index (χ4n) is 3.03. The van der Waals surface area contributed by atoms with Gasteiger partial charge in [-0.1, -0.05) is 28.1 Å². The Morgan fingerprint density at radius 1 is 1.50 bits per heavy atom. The third-order valence-corrected chi connectivity index (χ3v) is 8.10. The monoisotopic (exact) mass is 516 g/mol. The number of nitrogens with one attached hydrogen (secondary N) is 2. The van der Waals surface area contributed by atoms with Crippen molar-refractivity contribution in [3.05, 3.63) is 32.5 Å². The van der Waals surface area contributed by atoms with Gasteiger partial charge in [0.1, 0.15) is 27.1 Å². The van der Waals surface area contributed by atoms with Crippen LogP contribution in [0.3, 0.4) is 0 Å². The number of nitrogens with two attached hydrogens (primary N) is 1. The first-order chi connectivity index (χ1) is 15.3. The van der Waals surface area contributed by atoms with Gasteiger partial charge in [-0.05, 0) is 0 Å². The smallest absolute Gasteiger partial charge is 0.353 e. The third-order valence-electron chi connectivity index (χ3n) is 4.42. The van der Waals surface area contributed by atoms with E-state index in [0.717, 1.165) is 16.2 Å². The molecule has 4 rings (SSSR count). The highest BCUT2D eigenvalue weighted by Crippen LogP contribution is 2.44. The summed E-state index contributed by atoms with van der Waals surface area (Å²) in [4.78, 5) is 42.7. The number of carboxylic acids is 1. The molecule has 4 heterocycles. The number of rotatable bonds is 7. The molecule has 2 atom stereocenters. The molecule has 0 bridgehead atoms. The molecule has 13 nitrogen and oxygen atoms in total. The van der Waals surface area contributed by atoms with Gasteiger partial charge in [0.05, 0.1) is 11.9 Å². The number of H-pyrrole nitrogens is 1. The lowest BCUT2D eigenvalue weighted by atomic mass is 10.0. The van der Waals surface area contributed by atoms with Crippen LogP contribution in [0.15, 0.2) is 22.0 Å². The Balaban J connectivity index is 1.49. The molecule has 2 aliphatic heterocycles. The Bertz CT molecular complexity index is 1150. The number of hydrogen-bond donors (Lipinski definition) is 5. The Hall–Kier alpha value is -2.82. The fraction of sp³-hybridized carbons (Fsp3) is 0.267. The molecular formula is C15H13ClN8O5S3. The molecular weight excluding hydrogens is 504 g/mol. The molecule has 0 spiro atoms. The van der Waals surface area contributed by atoms with E-state index in [9.17, 15) is 24.7 Å². The molecule has 17 heteroatoms. The maximum Gasteiger partial charge on any atom is 0.353 e. The zero-order valence-corrected chi connectivity index (χ0v) is 18.9. The average molecular weight is 517 g/mol. The number of nitrogen functional groups attached to an aromatic ring is 1. The Kier molecular flexibility index (Phi) is 6.27. The SMILES string of the molecule is Nc1nc(/C(=N/O)C(=O)N[C@@H]2C(=O)N3C(C(=O)O)=C(SCc4cn[nH]n4)CS[C@H]23)c(Cl)s1. The second kappa shape index (κ2) is 8.97. The zero-order chi connectivity index (χ0) is 23.0. The predicted octanol–water partition coefficient (Wildman–Crippen LogP) is 0.305. The molecule has 0 unspecified atom stereocenters. The summed E-state index contributed by atoms with van der Waals surface area (Å²) in [7, 11) is 0. The van der Waals surface area contributed by atoms with E-state index >= 15 is 0 Å². The number of aromatic amines is 1. The molecule has 1 saturated heterocycles. The number of carboxylic acid groups (broad SMARTS) is 1. The van der Waals surface area contributed by atoms with Crippen molar-refractivity contribution in [1.82, 2.24) is 30.6 Å². The van der Waals surface area contributed by atoms with Gasteiger partial charge in [0.2, 0.25) is 0 Å². The van der Waals surface area contributed by atoms with Gasteiger partial charge in [0.25, 0.3) is 11.8 Å². The van der Waals surface area contributed by atoms with Gasteiger partial charge in [0.15, 0.2) is 10.8 Å². The van der Waals surface area contributed by atoms with E-state index in [0.29, 0.717) is 22.1 Å². The van der Waals surface area contributed by atoms with Gasteiger partial charge >= 0.3 is 5.97 Å². The molecule has 32 heavy (non-hydrogen) atoms. The third kappa shape index (κ3) is 4.01. The van der Waals surface area contributed by atoms with Gasteiger partial charge in [-0.3, -0.25) is 14.5 Å². The highest BCUT2D eigenvalue weighted by atomic mass is 35.5. The fourth-order valence-corrected chi connectivity index (χ4v) is 6.47. The van der Waals surface area contributed by atoms with Crippen LogP contribution in [0.1, 0.15) is 11.4 Å². The lowest BCUT2D eigenvalue weighted by Crippen LogP contribution is -2.71. The van der Waals surface area contributed by atoms with Crippen molar-refractivity contribution in [2.75, 3.05) is 11.5 Å². The number of halogens is 1. The summed E-state index contributed by atoms with van der Waals surface area (Å²) in [6.07, 6.45) is 1.52. The number of aliphatic carboxylic acids is 1. The maximum atomic E-state index is 12.7. The van der Waals surface area contributed by atoms with Gasteiger partial charge in [0, 0.05) is 16.4 Å². The zero-order valence-electron chi connectivity index (χ0n) is 15.7. The molecule has 1 fully saturated rings. The van der Waals surface area contributed by atoms with E-state index in [-0.39, 0.29) is 20.9 Å². The Labute approximate surface area is 196 Å². The van der Waals surface area contributed by atoms with Gasteiger partial charge < -0.3 is 21.4 Å². The number of aromatic nitrogens is 4. The first-order valence-electron chi connectivity index (χ1n) is 8.65. The normalized spacial score (nSPS) is 20.7. The van der Waals surface area contributed by atoms with Crippen molar-refractivity contribution < 1.29 is 24.7 Å². The number of hydrogen-bond acceptors (Lipinski definition) is 12.